The first-order valence-corrected chi connectivity index (χ1v) is 11.9. The number of carbonyl (C=O) groups is 2. The molecule has 4 rings (SSSR count). The first-order valence-electron chi connectivity index (χ1n) is 11.9. The highest BCUT2D eigenvalue weighted by molar-refractivity contribution is 5.89. The van der Waals surface area contributed by atoms with E-state index in [1.807, 2.05) is 19.1 Å². The number of aliphatic hydroxyl groups is 2. The number of benzene rings is 1. The number of nitrogens with zero attached hydrogens (tertiary/aromatic N) is 4. The molecule has 204 valence electrons. The highest BCUT2D eigenvalue weighted by atomic mass is 16.6. The number of Topliss-reactive ketones (excluding diaryl/α,β-unsaturated/α-hetero) is 2. The summed E-state index contributed by atoms with van der Waals surface area (Å²) in [6, 6.07) is 3.38. The zero-order valence-electron chi connectivity index (χ0n) is 22.0. The van der Waals surface area contributed by atoms with E-state index in [0.29, 0.717) is 34.2 Å². The molecule has 3 heterocycles. The number of nitrogens with one attached hydrogen (secondary N) is 1. The average Bonchev–Trinajstić information content (AvgIpc) is 3.49. The van der Waals surface area contributed by atoms with E-state index < -0.39 is 35.6 Å². The van der Waals surface area contributed by atoms with Gasteiger partial charge in [-0.15, -0.1) is 0 Å². The van der Waals surface area contributed by atoms with Gasteiger partial charge in [-0.25, -0.2) is 15.0 Å². The maximum atomic E-state index is 12.3. The van der Waals surface area contributed by atoms with Gasteiger partial charge >= 0.3 is 0 Å². The van der Waals surface area contributed by atoms with Gasteiger partial charge in [0.15, 0.2) is 45.6 Å². The quantitative estimate of drug-likeness (QED) is 0.347. The number of fused-ring (bicyclic) bond motifs is 1. The molecule has 2 aromatic heterocycles. The van der Waals surface area contributed by atoms with E-state index in [1.54, 1.807) is 0 Å². The molecule has 1 aliphatic rings. The predicted molar refractivity (Wildman–Crippen MR) is 134 cm³/mol. The summed E-state index contributed by atoms with van der Waals surface area (Å²) in [5, 5.41) is 24.7. The molecule has 13 heteroatoms. The molecule has 0 radical (unpaired) electrons. The molecule has 1 saturated heterocycles. The van der Waals surface area contributed by atoms with Gasteiger partial charge in [0.2, 0.25) is 5.75 Å². The summed E-state index contributed by atoms with van der Waals surface area (Å²) in [5.41, 5.74) is -0.440. The summed E-state index contributed by atoms with van der Waals surface area (Å²) in [6.45, 7) is 4.27. The van der Waals surface area contributed by atoms with Gasteiger partial charge in [-0.2, -0.15) is 0 Å². The first-order chi connectivity index (χ1) is 18.0. The highest BCUT2D eigenvalue weighted by Crippen LogP contribution is 2.42. The number of anilines is 1. The van der Waals surface area contributed by atoms with Crippen LogP contribution in [-0.2, 0) is 14.3 Å². The van der Waals surface area contributed by atoms with E-state index >= 15 is 0 Å². The number of ether oxygens (including phenoxy) is 4. The predicted octanol–water partition coefficient (Wildman–Crippen LogP) is 1.58. The monoisotopic (exact) mass is 529 g/mol. The van der Waals surface area contributed by atoms with Crippen molar-refractivity contribution in [3.8, 4) is 17.2 Å². The number of rotatable bonds is 10. The number of aliphatic hydroxyl groups excluding tert-OH is 1. The molecule has 1 fully saturated rings. The molecule has 0 spiro atoms. The van der Waals surface area contributed by atoms with Gasteiger partial charge < -0.3 is 34.5 Å². The minimum Gasteiger partial charge on any atom is -0.493 e. The van der Waals surface area contributed by atoms with E-state index in [1.165, 1.54) is 45.5 Å². The van der Waals surface area contributed by atoms with Crippen LogP contribution in [0, 0.1) is 0 Å². The lowest BCUT2D eigenvalue weighted by Gasteiger charge is -2.27. The van der Waals surface area contributed by atoms with Crippen LogP contribution in [0.3, 0.4) is 0 Å². The van der Waals surface area contributed by atoms with Gasteiger partial charge in [0.05, 0.1) is 33.7 Å². The van der Waals surface area contributed by atoms with Crippen LogP contribution in [0.25, 0.3) is 11.2 Å². The third-order valence-electron chi connectivity index (χ3n) is 6.78. The van der Waals surface area contributed by atoms with Crippen LogP contribution in [0.15, 0.2) is 24.8 Å². The highest BCUT2D eigenvalue weighted by Gasteiger charge is 2.55. The summed E-state index contributed by atoms with van der Waals surface area (Å²) >= 11 is 0. The molecule has 3 N–H and O–H groups in total. The largest absolute Gasteiger partial charge is 0.493 e. The third kappa shape index (κ3) is 4.64. The van der Waals surface area contributed by atoms with Crippen molar-refractivity contribution in [3.63, 3.8) is 0 Å². The lowest BCUT2D eigenvalue weighted by molar-refractivity contribution is -0.158. The normalized spacial score (nSPS) is 22.6. The van der Waals surface area contributed by atoms with Crippen molar-refractivity contribution in [1.82, 2.24) is 19.5 Å². The van der Waals surface area contributed by atoms with E-state index in [9.17, 15) is 19.8 Å². The molecule has 5 atom stereocenters. The maximum absolute atomic E-state index is 12.3. The number of carbonyl (C=O) groups excluding carboxylic acids is 2. The Kier molecular flexibility index (Phi) is 7.54. The van der Waals surface area contributed by atoms with Gasteiger partial charge in [0, 0.05) is 6.42 Å². The van der Waals surface area contributed by atoms with E-state index in [0.717, 1.165) is 12.5 Å². The smallest absolute Gasteiger partial charge is 0.203 e. The Morgan fingerprint density at radius 1 is 1.13 bits per heavy atom. The molecule has 1 aliphatic heterocycles. The van der Waals surface area contributed by atoms with Crippen molar-refractivity contribution in [2.24, 2.45) is 0 Å². The molecule has 0 amide bonds. The number of aromatic nitrogens is 4. The number of imidazole rings is 1. The second-order valence-corrected chi connectivity index (χ2v) is 9.12. The Bertz CT molecular complexity index is 1340. The van der Waals surface area contributed by atoms with Crippen molar-refractivity contribution >= 4 is 28.5 Å². The Morgan fingerprint density at radius 3 is 2.34 bits per heavy atom. The fraction of sp³-hybridized carbons (Fsp3) is 0.480. The molecule has 0 saturated carbocycles. The second-order valence-electron chi connectivity index (χ2n) is 9.12. The fourth-order valence-electron chi connectivity index (χ4n) is 4.58. The fourth-order valence-corrected chi connectivity index (χ4v) is 4.58. The van der Waals surface area contributed by atoms with Crippen LogP contribution in [0.5, 0.6) is 17.2 Å². The lowest BCUT2D eigenvalue weighted by Crippen LogP contribution is -2.52. The number of methoxy groups -OCH3 is 3. The summed E-state index contributed by atoms with van der Waals surface area (Å²) in [5.74, 6) is 0.670. The molecule has 2 unspecified atom stereocenters. The van der Waals surface area contributed by atoms with E-state index in [-0.39, 0.29) is 12.5 Å². The van der Waals surface area contributed by atoms with Crippen LogP contribution >= 0.6 is 0 Å². The number of ketones is 2. The van der Waals surface area contributed by atoms with Crippen molar-refractivity contribution in [2.75, 3.05) is 26.6 Å². The van der Waals surface area contributed by atoms with Gasteiger partial charge in [0.1, 0.15) is 24.8 Å². The number of hydrogen-bond donors (Lipinski definition) is 3. The Balaban J connectivity index is 1.65. The van der Waals surface area contributed by atoms with E-state index in [4.69, 9.17) is 18.9 Å². The first kappa shape index (κ1) is 27.2. The Hall–Kier alpha value is -3.81. The maximum Gasteiger partial charge on any atom is 0.203 e. The minimum absolute atomic E-state index is 0.197. The van der Waals surface area contributed by atoms with Crippen LogP contribution in [0.2, 0.25) is 0 Å². The Morgan fingerprint density at radius 2 is 1.79 bits per heavy atom. The zero-order chi connectivity index (χ0) is 27.8. The van der Waals surface area contributed by atoms with Crippen LogP contribution in [0.4, 0.5) is 5.82 Å². The van der Waals surface area contributed by atoms with Gasteiger partial charge in [-0.05, 0) is 38.5 Å². The van der Waals surface area contributed by atoms with Crippen molar-refractivity contribution in [1.29, 1.82) is 0 Å². The van der Waals surface area contributed by atoms with Gasteiger partial charge in [0.25, 0.3) is 0 Å². The van der Waals surface area contributed by atoms with E-state index in [2.05, 4.69) is 20.3 Å². The minimum atomic E-state index is -2.05. The Labute approximate surface area is 218 Å². The van der Waals surface area contributed by atoms with Crippen molar-refractivity contribution < 1.29 is 38.7 Å². The lowest BCUT2D eigenvalue weighted by atomic mass is 9.86. The molecular weight excluding hydrogens is 498 g/mol. The summed E-state index contributed by atoms with van der Waals surface area (Å²) in [6.07, 6.45) is -1.42. The molecule has 3 aromatic rings. The molecule has 13 nitrogen and oxygen atoms in total. The zero-order valence-corrected chi connectivity index (χ0v) is 22.0. The van der Waals surface area contributed by atoms with Crippen LogP contribution in [-0.4, -0.2) is 80.4 Å². The number of hydrogen-bond acceptors (Lipinski definition) is 12. The summed E-state index contributed by atoms with van der Waals surface area (Å²) in [7, 11) is 4.61. The van der Waals surface area contributed by atoms with Crippen LogP contribution < -0.4 is 19.5 Å². The molecular formula is C25H31N5O8. The van der Waals surface area contributed by atoms with Crippen molar-refractivity contribution in [3.05, 3.63) is 30.4 Å². The summed E-state index contributed by atoms with van der Waals surface area (Å²) < 4.78 is 23.7. The molecule has 1 aromatic carbocycles. The van der Waals surface area contributed by atoms with Gasteiger partial charge in [-0.3, -0.25) is 14.2 Å². The SMILES string of the molecule is COc1cc(C(C)Nc2ncnc3c2ncn3[C@H]2C[C@@](O)(C(C)=O)[C@@H](C(O)C(C)=O)O2)cc(OC)c1OC. The topological polar surface area (TPSA) is 167 Å². The van der Waals surface area contributed by atoms with Crippen LogP contribution in [0.1, 0.15) is 45.0 Å². The standard InChI is InChI=1S/C25H31N5O8/c1-12(15-7-16(35-4)21(37-6)17(8-15)36-5)29-23-19-24(27-10-26-23)30(11-28-19)18-9-25(34,14(3)32)22(38-18)20(33)13(2)31/h7-8,10-12,18,20,22,33-34H,9H2,1-6H3,(H,26,27,29)/t12?,18-,20?,22-,25-/m1/s1. The summed E-state index contributed by atoms with van der Waals surface area (Å²) in [4.78, 5) is 37.2. The van der Waals surface area contributed by atoms with Gasteiger partial charge in [-0.1, -0.05) is 0 Å². The molecule has 0 aliphatic carbocycles. The van der Waals surface area contributed by atoms with Crippen molar-refractivity contribution in [2.45, 2.75) is 57.3 Å². The molecule has 38 heavy (non-hydrogen) atoms. The second kappa shape index (κ2) is 10.5. The molecule has 0 bridgehead atoms. The third-order valence-corrected chi connectivity index (χ3v) is 6.78. The average molecular weight is 530 g/mol.